The molecule has 0 unspecified atom stereocenters. The van der Waals surface area contributed by atoms with Crippen molar-refractivity contribution in [2.24, 2.45) is 0 Å². The van der Waals surface area contributed by atoms with E-state index in [0.29, 0.717) is 10.9 Å². The maximum atomic E-state index is 13.4. The Morgan fingerprint density at radius 3 is 2.21 bits per heavy atom. The molecule has 1 aromatic heterocycles. The van der Waals surface area contributed by atoms with Gasteiger partial charge in [0.05, 0.1) is 21.7 Å². The zero-order valence-electron chi connectivity index (χ0n) is 15.3. The van der Waals surface area contributed by atoms with Crippen LogP contribution in [0, 0.1) is 6.92 Å². The van der Waals surface area contributed by atoms with Crippen molar-refractivity contribution < 1.29 is 21.6 Å². The Balaban J connectivity index is 2.01. The first-order valence-corrected chi connectivity index (χ1v) is 10.2. The van der Waals surface area contributed by atoms with Gasteiger partial charge in [-0.05, 0) is 48.9 Å². The molecule has 0 radical (unpaired) electrons. The van der Waals surface area contributed by atoms with Crippen LogP contribution in [0.25, 0.3) is 22.2 Å². The molecule has 0 atom stereocenters. The number of fused-ring (bicyclic) bond motifs is 1. The highest BCUT2D eigenvalue weighted by molar-refractivity contribution is 7.90. The molecule has 29 heavy (non-hydrogen) atoms. The number of hydrogen-bond acceptors (Lipinski definition) is 2. The van der Waals surface area contributed by atoms with Crippen molar-refractivity contribution in [2.75, 3.05) is 0 Å². The fraction of sp³-hybridized carbons (Fsp3) is 0.0909. The van der Waals surface area contributed by atoms with E-state index in [2.05, 4.69) is 0 Å². The highest BCUT2D eigenvalue weighted by Gasteiger charge is 2.31. The number of alkyl halides is 3. The molecular formula is C22H16F3NO2S. The zero-order valence-corrected chi connectivity index (χ0v) is 16.1. The summed E-state index contributed by atoms with van der Waals surface area (Å²) < 4.78 is 67.6. The highest BCUT2D eigenvalue weighted by Crippen LogP contribution is 2.36. The summed E-state index contributed by atoms with van der Waals surface area (Å²) >= 11 is 0. The second kappa shape index (κ2) is 6.77. The molecule has 0 saturated heterocycles. The van der Waals surface area contributed by atoms with Gasteiger partial charge in [-0.2, -0.15) is 13.2 Å². The van der Waals surface area contributed by atoms with Crippen LogP contribution in [0.2, 0.25) is 0 Å². The molecule has 4 aromatic rings. The first-order chi connectivity index (χ1) is 13.7. The Bertz CT molecular complexity index is 1300. The monoisotopic (exact) mass is 415 g/mol. The van der Waals surface area contributed by atoms with Gasteiger partial charge in [0.25, 0.3) is 10.0 Å². The van der Waals surface area contributed by atoms with E-state index >= 15 is 0 Å². The van der Waals surface area contributed by atoms with Gasteiger partial charge < -0.3 is 0 Å². The summed E-state index contributed by atoms with van der Waals surface area (Å²) in [6.45, 7) is 1.84. The van der Waals surface area contributed by atoms with Crippen LogP contribution in [0.15, 0.2) is 83.8 Å². The van der Waals surface area contributed by atoms with Crippen LogP contribution in [0.1, 0.15) is 11.1 Å². The van der Waals surface area contributed by atoms with Gasteiger partial charge in [0.15, 0.2) is 0 Å². The van der Waals surface area contributed by atoms with Crippen molar-refractivity contribution in [1.82, 2.24) is 3.97 Å². The third kappa shape index (κ3) is 3.42. The van der Waals surface area contributed by atoms with Crippen molar-refractivity contribution in [3.63, 3.8) is 0 Å². The number of hydrogen-bond donors (Lipinski definition) is 0. The second-order valence-corrected chi connectivity index (χ2v) is 8.54. The van der Waals surface area contributed by atoms with Crippen molar-refractivity contribution in [3.8, 4) is 11.3 Å². The maximum absolute atomic E-state index is 13.4. The lowest BCUT2D eigenvalue weighted by Gasteiger charge is -2.14. The number of rotatable bonds is 3. The summed E-state index contributed by atoms with van der Waals surface area (Å²) in [5.41, 5.74) is 0.823. The van der Waals surface area contributed by atoms with E-state index in [1.165, 1.54) is 24.3 Å². The molecule has 4 rings (SSSR count). The highest BCUT2D eigenvalue weighted by atomic mass is 32.2. The van der Waals surface area contributed by atoms with E-state index in [1.807, 2.05) is 6.92 Å². The molecule has 0 bridgehead atoms. The van der Waals surface area contributed by atoms with E-state index in [-0.39, 0.29) is 16.2 Å². The number of para-hydroxylation sites is 1. The summed E-state index contributed by atoms with van der Waals surface area (Å²) in [5.74, 6) is 0. The molecule has 0 aliphatic carbocycles. The SMILES string of the molecule is Cc1ccc(S(=O)(=O)n2c(-c3cccc(C(F)(F)F)c3)cc3ccccc32)cc1. The van der Waals surface area contributed by atoms with E-state index in [0.717, 1.165) is 21.7 Å². The molecule has 3 nitrogen and oxygen atoms in total. The normalized spacial score (nSPS) is 12.4. The van der Waals surface area contributed by atoms with E-state index in [9.17, 15) is 21.6 Å². The van der Waals surface area contributed by atoms with Crippen molar-refractivity contribution in [2.45, 2.75) is 18.0 Å². The van der Waals surface area contributed by atoms with Crippen LogP contribution in [0.4, 0.5) is 13.2 Å². The fourth-order valence-corrected chi connectivity index (χ4v) is 4.79. The van der Waals surface area contributed by atoms with Crippen LogP contribution in [-0.2, 0) is 16.2 Å². The molecule has 0 aliphatic heterocycles. The average Bonchev–Trinajstić information content (AvgIpc) is 3.08. The Kier molecular flexibility index (Phi) is 4.50. The summed E-state index contributed by atoms with van der Waals surface area (Å²) in [4.78, 5) is 0.0673. The van der Waals surface area contributed by atoms with Crippen LogP contribution in [0.3, 0.4) is 0 Å². The molecule has 148 valence electrons. The van der Waals surface area contributed by atoms with E-state index < -0.39 is 21.8 Å². The minimum Gasteiger partial charge on any atom is -0.233 e. The summed E-state index contributed by atoms with van der Waals surface area (Å²) in [7, 11) is -4.03. The molecule has 0 spiro atoms. The molecule has 7 heteroatoms. The van der Waals surface area contributed by atoms with Gasteiger partial charge in [0, 0.05) is 5.39 Å². The number of benzene rings is 3. The maximum Gasteiger partial charge on any atom is 0.416 e. The number of nitrogens with zero attached hydrogens (tertiary/aromatic N) is 1. The number of aryl methyl sites for hydroxylation is 1. The van der Waals surface area contributed by atoms with Crippen LogP contribution >= 0.6 is 0 Å². The molecule has 1 heterocycles. The van der Waals surface area contributed by atoms with Crippen molar-refractivity contribution in [1.29, 1.82) is 0 Å². The molecule has 0 saturated carbocycles. The quantitative estimate of drug-likeness (QED) is 0.420. The van der Waals surface area contributed by atoms with Gasteiger partial charge in [-0.1, -0.05) is 48.0 Å². The van der Waals surface area contributed by atoms with Crippen LogP contribution in [-0.4, -0.2) is 12.4 Å². The summed E-state index contributed by atoms with van der Waals surface area (Å²) in [6, 6.07) is 19.4. The number of halogens is 3. The lowest BCUT2D eigenvalue weighted by Crippen LogP contribution is -2.14. The van der Waals surface area contributed by atoms with Crippen molar-refractivity contribution in [3.05, 3.63) is 90.0 Å². The number of aromatic nitrogens is 1. The predicted octanol–water partition coefficient (Wildman–Crippen LogP) is 5.87. The second-order valence-electron chi connectivity index (χ2n) is 6.75. The van der Waals surface area contributed by atoms with E-state index in [4.69, 9.17) is 0 Å². The fourth-order valence-electron chi connectivity index (χ4n) is 3.26. The largest absolute Gasteiger partial charge is 0.416 e. The van der Waals surface area contributed by atoms with Gasteiger partial charge in [-0.25, -0.2) is 12.4 Å². The van der Waals surface area contributed by atoms with Gasteiger partial charge >= 0.3 is 6.18 Å². The molecule has 0 fully saturated rings. The molecule has 3 aromatic carbocycles. The first kappa shape index (κ1) is 19.3. The van der Waals surface area contributed by atoms with Gasteiger partial charge in [-0.3, -0.25) is 0 Å². The van der Waals surface area contributed by atoms with Gasteiger partial charge in [0.1, 0.15) is 0 Å². The molecule has 0 N–H and O–H groups in total. The lowest BCUT2D eigenvalue weighted by molar-refractivity contribution is -0.137. The zero-order chi connectivity index (χ0) is 20.8. The molecular weight excluding hydrogens is 399 g/mol. The Morgan fingerprint density at radius 1 is 0.828 bits per heavy atom. The lowest BCUT2D eigenvalue weighted by atomic mass is 10.1. The van der Waals surface area contributed by atoms with Gasteiger partial charge in [0.2, 0.25) is 0 Å². The molecule has 0 aliphatic rings. The summed E-state index contributed by atoms with van der Waals surface area (Å²) in [5, 5.41) is 0.621. The summed E-state index contributed by atoms with van der Waals surface area (Å²) in [6.07, 6.45) is -4.53. The third-order valence-electron chi connectivity index (χ3n) is 4.71. The van der Waals surface area contributed by atoms with Gasteiger partial charge in [-0.15, -0.1) is 0 Å². The minimum absolute atomic E-state index is 0.0673. The average molecular weight is 415 g/mol. The molecule has 0 amide bonds. The first-order valence-electron chi connectivity index (χ1n) is 8.78. The Morgan fingerprint density at radius 2 is 1.52 bits per heavy atom. The van der Waals surface area contributed by atoms with Crippen molar-refractivity contribution >= 4 is 20.9 Å². The minimum atomic E-state index is -4.53. The topological polar surface area (TPSA) is 39.1 Å². The Hall–Kier alpha value is -3.06. The van der Waals surface area contributed by atoms with E-state index in [1.54, 1.807) is 42.5 Å². The van der Waals surface area contributed by atoms with Crippen LogP contribution in [0.5, 0.6) is 0 Å². The van der Waals surface area contributed by atoms with Crippen LogP contribution < -0.4 is 0 Å². The third-order valence-corrected chi connectivity index (χ3v) is 6.45. The smallest absolute Gasteiger partial charge is 0.233 e. The Labute approximate surface area is 166 Å². The standard InChI is InChI=1S/C22H16F3NO2S/c1-15-9-11-19(12-10-15)29(27,28)26-20-8-3-2-5-17(20)14-21(26)16-6-4-7-18(13-16)22(23,24)25/h2-14H,1H3. The predicted molar refractivity (Wildman–Crippen MR) is 106 cm³/mol.